The number of carbonyl (C=O) groups is 1. The lowest BCUT2D eigenvalue weighted by Gasteiger charge is -2.37. The predicted molar refractivity (Wildman–Crippen MR) is 104 cm³/mol. The first-order valence-corrected chi connectivity index (χ1v) is 9.69. The number of aromatic nitrogens is 3. The van der Waals surface area contributed by atoms with E-state index in [9.17, 15) is 4.79 Å². The maximum atomic E-state index is 11.9. The first-order chi connectivity index (χ1) is 13.2. The molecule has 0 N–H and O–H groups in total. The Morgan fingerprint density at radius 3 is 2.59 bits per heavy atom. The predicted octanol–water partition coefficient (Wildman–Crippen LogP) is 1.59. The molecule has 0 atom stereocenters. The van der Waals surface area contributed by atoms with Crippen LogP contribution in [0.5, 0.6) is 0 Å². The van der Waals surface area contributed by atoms with Gasteiger partial charge >= 0.3 is 0 Å². The van der Waals surface area contributed by atoms with Crippen LogP contribution >= 0.6 is 0 Å². The zero-order chi connectivity index (χ0) is 18.8. The molecule has 2 aromatic rings. The van der Waals surface area contributed by atoms with E-state index in [1.54, 1.807) is 13.1 Å². The summed E-state index contributed by atoms with van der Waals surface area (Å²) in [4.78, 5) is 32.7. The molecule has 1 fully saturated rings. The van der Waals surface area contributed by atoms with Crippen molar-refractivity contribution in [2.24, 2.45) is 0 Å². The number of pyridine rings is 1. The second-order valence-electron chi connectivity index (χ2n) is 7.12. The summed E-state index contributed by atoms with van der Waals surface area (Å²) in [6.45, 7) is 10.2. The number of hydrogen-bond donors (Lipinski definition) is 0. The molecule has 27 heavy (non-hydrogen) atoms. The molecule has 7 heteroatoms. The van der Waals surface area contributed by atoms with Crippen LogP contribution in [0.15, 0.2) is 24.4 Å². The number of fused-ring (bicyclic) bond motifs is 1. The van der Waals surface area contributed by atoms with Gasteiger partial charge in [0.25, 0.3) is 0 Å². The number of carbonyl (C=O) groups excluding carboxylic acids is 1. The highest BCUT2D eigenvalue weighted by Gasteiger charge is 2.28. The largest absolute Gasteiger partial charge is 0.354 e. The van der Waals surface area contributed by atoms with Crippen LogP contribution in [0.25, 0.3) is 11.5 Å². The molecule has 4 heterocycles. The molecule has 0 aliphatic carbocycles. The molecule has 0 aromatic carbocycles. The number of rotatable bonds is 3. The lowest BCUT2D eigenvalue weighted by molar-refractivity contribution is -0.129. The van der Waals surface area contributed by atoms with E-state index in [4.69, 9.17) is 9.97 Å². The molecule has 2 aliphatic rings. The Bertz CT molecular complexity index is 817. The van der Waals surface area contributed by atoms with Crippen molar-refractivity contribution in [3.63, 3.8) is 0 Å². The molecule has 1 amide bonds. The monoisotopic (exact) mass is 366 g/mol. The second kappa shape index (κ2) is 7.60. The highest BCUT2D eigenvalue weighted by molar-refractivity contribution is 5.74. The Balaban J connectivity index is 1.73. The van der Waals surface area contributed by atoms with Crippen LogP contribution in [0.2, 0.25) is 0 Å². The molecule has 0 radical (unpaired) electrons. The SMILES string of the molecule is CCN1CCN(c2nc(-c3ccccn3)nc3c2CCN(C(C)=O)C3)CC1. The Kier molecular flexibility index (Phi) is 5.03. The third-order valence-corrected chi connectivity index (χ3v) is 5.50. The van der Waals surface area contributed by atoms with E-state index in [1.165, 1.54) is 5.56 Å². The highest BCUT2D eigenvalue weighted by atomic mass is 16.2. The van der Waals surface area contributed by atoms with Crippen molar-refractivity contribution in [3.05, 3.63) is 35.7 Å². The topological polar surface area (TPSA) is 65.5 Å². The maximum Gasteiger partial charge on any atom is 0.219 e. The van der Waals surface area contributed by atoms with Gasteiger partial charge in [0.2, 0.25) is 5.91 Å². The number of likely N-dealkylation sites (N-methyl/N-ethyl adjacent to an activating group) is 1. The van der Waals surface area contributed by atoms with Gasteiger partial charge in [0, 0.05) is 51.4 Å². The normalized spacial score (nSPS) is 17.7. The molecule has 4 rings (SSSR count). The van der Waals surface area contributed by atoms with Crippen LogP contribution in [0.1, 0.15) is 25.1 Å². The summed E-state index contributed by atoms with van der Waals surface area (Å²) in [7, 11) is 0. The minimum Gasteiger partial charge on any atom is -0.354 e. The quantitative estimate of drug-likeness (QED) is 0.822. The van der Waals surface area contributed by atoms with E-state index >= 15 is 0 Å². The van der Waals surface area contributed by atoms with Crippen molar-refractivity contribution in [3.8, 4) is 11.5 Å². The maximum absolute atomic E-state index is 11.9. The van der Waals surface area contributed by atoms with Gasteiger partial charge in [-0.25, -0.2) is 9.97 Å². The van der Waals surface area contributed by atoms with Crippen LogP contribution in [0.4, 0.5) is 5.82 Å². The molecule has 7 nitrogen and oxygen atoms in total. The van der Waals surface area contributed by atoms with Crippen molar-refractivity contribution in [2.75, 3.05) is 44.2 Å². The van der Waals surface area contributed by atoms with Gasteiger partial charge in [0.05, 0.1) is 12.2 Å². The Hall–Kier alpha value is -2.54. The fourth-order valence-electron chi connectivity index (χ4n) is 3.83. The smallest absolute Gasteiger partial charge is 0.219 e. The lowest BCUT2D eigenvalue weighted by Crippen LogP contribution is -2.47. The second-order valence-corrected chi connectivity index (χ2v) is 7.12. The number of amides is 1. The van der Waals surface area contributed by atoms with E-state index in [0.717, 1.165) is 62.9 Å². The number of nitrogens with zero attached hydrogens (tertiary/aromatic N) is 6. The molecule has 142 valence electrons. The molecule has 1 saturated heterocycles. The lowest BCUT2D eigenvalue weighted by atomic mass is 10.0. The zero-order valence-electron chi connectivity index (χ0n) is 16.1. The summed E-state index contributed by atoms with van der Waals surface area (Å²) in [5.41, 5.74) is 2.92. The summed E-state index contributed by atoms with van der Waals surface area (Å²) >= 11 is 0. The van der Waals surface area contributed by atoms with Crippen LogP contribution in [0.3, 0.4) is 0 Å². The molecule has 0 saturated carbocycles. The molecule has 0 unspecified atom stereocenters. The van der Waals surface area contributed by atoms with Crippen molar-refractivity contribution in [2.45, 2.75) is 26.8 Å². The van der Waals surface area contributed by atoms with Crippen molar-refractivity contribution < 1.29 is 4.79 Å². The summed E-state index contributed by atoms with van der Waals surface area (Å²) in [6, 6.07) is 5.78. The van der Waals surface area contributed by atoms with Gasteiger partial charge < -0.3 is 14.7 Å². The Morgan fingerprint density at radius 2 is 1.93 bits per heavy atom. The number of hydrogen-bond acceptors (Lipinski definition) is 6. The first kappa shape index (κ1) is 17.9. The summed E-state index contributed by atoms with van der Waals surface area (Å²) in [5.74, 6) is 1.77. The Labute approximate surface area is 160 Å². The first-order valence-electron chi connectivity index (χ1n) is 9.69. The highest BCUT2D eigenvalue weighted by Crippen LogP contribution is 2.29. The van der Waals surface area contributed by atoms with Crippen LogP contribution < -0.4 is 4.90 Å². The van der Waals surface area contributed by atoms with Crippen molar-refractivity contribution in [1.82, 2.24) is 24.8 Å². The summed E-state index contributed by atoms with van der Waals surface area (Å²) in [6.07, 6.45) is 2.57. The van der Waals surface area contributed by atoms with Crippen LogP contribution in [-0.2, 0) is 17.8 Å². The fourth-order valence-corrected chi connectivity index (χ4v) is 3.83. The molecule has 0 spiro atoms. The summed E-state index contributed by atoms with van der Waals surface area (Å²) in [5, 5.41) is 0. The van der Waals surface area contributed by atoms with Gasteiger partial charge in [-0.15, -0.1) is 0 Å². The fraction of sp³-hybridized carbons (Fsp3) is 0.500. The van der Waals surface area contributed by atoms with Crippen LogP contribution in [0, 0.1) is 0 Å². The summed E-state index contributed by atoms with van der Waals surface area (Å²) < 4.78 is 0. The molecule has 0 bridgehead atoms. The van der Waals surface area contributed by atoms with Crippen LogP contribution in [-0.4, -0.2) is 69.9 Å². The minimum absolute atomic E-state index is 0.0942. The number of anilines is 1. The molecular formula is C20H26N6O. The average molecular weight is 366 g/mol. The van der Waals surface area contributed by atoms with E-state index < -0.39 is 0 Å². The van der Waals surface area contributed by atoms with E-state index in [2.05, 4.69) is 21.7 Å². The zero-order valence-corrected chi connectivity index (χ0v) is 16.1. The van der Waals surface area contributed by atoms with E-state index in [1.807, 2.05) is 23.1 Å². The van der Waals surface area contributed by atoms with Gasteiger partial charge in [-0.2, -0.15) is 0 Å². The molecule has 2 aromatic heterocycles. The van der Waals surface area contributed by atoms with E-state index in [0.29, 0.717) is 12.4 Å². The minimum atomic E-state index is 0.0942. The van der Waals surface area contributed by atoms with Gasteiger partial charge in [0.1, 0.15) is 11.5 Å². The average Bonchev–Trinajstić information content (AvgIpc) is 2.73. The molecule has 2 aliphatic heterocycles. The van der Waals surface area contributed by atoms with Gasteiger partial charge in [0.15, 0.2) is 5.82 Å². The van der Waals surface area contributed by atoms with Crippen molar-refractivity contribution >= 4 is 11.7 Å². The van der Waals surface area contributed by atoms with Gasteiger partial charge in [-0.3, -0.25) is 9.78 Å². The van der Waals surface area contributed by atoms with Crippen molar-refractivity contribution in [1.29, 1.82) is 0 Å². The van der Waals surface area contributed by atoms with Gasteiger partial charge in [-0.05, 0) is 25.1 Å². The molecular weight excluding hydrogens is 340 g/mol. The third kappa shape index (κ3) is 3.64. The van der Waals surface area contributed by atoms with E-state index in [-0.39, 0.29) is 5.91 Å². The number of piperazine rings is 1. The Morgan fingerprint density at radius 1 is 1.11 bits per heavy atom. The third-order valence-electron chi connectivity index (χ3n) is 5.50. The van der Waals surface area contributed by atoms with Gasteiger partial charge in [-0.1, -0.05) is 13.0 Å². The standard InChI is InChI=1S/C20H26N6O/c1-3-24-10-12-25(13-11-24)20-16-7-9-26(15(2)27)14-18(16)22-19(23-20)17-6-4-5-8-21-17/h4-6,8H,3,7,9-14H2,1-2H3.